The van der Waals surface area contributed by atoms with Crippen LogP contribution in [0.5, 0.6) is 23.0 Å². The molecule has 4 rings (SSSR count). The number of rotatable bonds is 7. The smallest absolute Gasteiger partial charge is 0.324 e. The molecular weight excluding hydrogens is 462 g/mol. The number of benzene rings is 2. The number of methoxy groups -OCH3 is 3. The Labute approximate surface area is 212 Å². The largest absolute Gasteiger partial charge is 0.493 e. The summed E-state index contributed by atoms with van der Waals surface area (Å²) in [4.78, 5) is 30.0. The van der Waals surface area contributed by atoms with Crippen LogP contribution in [0, 0.1) is 5.92 Å². The zero-order valence-electron chi connectivity index (χ0n) is 21.4. The number of carbonyl (C=O) groups is 2. The number of urea groups is 1. The highest BCUT2D eigenvalue weighted by molar-refractivity contribution is 5.94. The average Bonchev–Trinajstić information content (AvgIpc) is 2.94. The van der Waals surface area contributed by atoms with Crippen molar-refractivity contribution in [3.63, 3.8) is 0 Å². The van der Waals surface area contributed by atoms with Crippen molar-refractivity contribution in [2.75, 3.05) is 45.9 Å². The number of piperidine rings is 1. The molecule has 2 aromatic carbocycles. The number of hydrogen-bond donors (Lipinski definition) is 1. The minimum absolute atomic E-state index is 0.0152. The Balaban J connectivity index is 1.34. The maximum absolute atomic E-state index is 13.4. The van der Waals surface area contributed by atoms with Gasteiger partial charge in [-0.15, -0.1) is 0 Å². The average molecular weight is 498 g/mol. The molecule has 0 saturated carbocycles. The lowest BCUT2D eigenvalue weighted by atomic mass is 9.96. The van der Waals surface area contributed by atoms with Crippen LogP contribution in [-0.4, -0.2) is 63.9 Å². The number of fused-ring (bicyclic) bond motifs is 1. The molecule has 3 amide bonds. The Morgan fingerprint density at radius 3 is 2.31 bits per heavy atom. The molecule has 2 aliphatic heterocycles. The standard InChI is InChI=1S/C27H35N3O6/c1-5-20-17-30(21-8-6-7-9-22(21)36-20)27(32)29-12-10-19(11-13-29)26(31)28-16-18-14-23(33-2)25(35-4)24(15-18)34-3/h6-9,14-15,19-20H,5,10-13,16-17H2,1-4H3,(H,28,31)/t20-/m0/s1. The number of amides is 3. The molecule has 0 aromatic heterocycles. The van der Waals surface area contributed by atoms with Crippen molar-refractivity contribution in [3.05, 3.63) is 42.0 Å². The maximum atomic E-state index is 13.4. The zero-order valence-corrected chi connectivity index (χ0v) is 21.4. The van der Waals surface area contributed by atoms with Gasteiger partial charge >= 0.3 is 6.03 Å². The number of ether oxygens (including phenoxy) is 4. The molecule has 2 heterocycles. The molecule has 2 aromatic rings. The molecule has 36 heavy (non-hydrogen) atoms. The summed E-state index contributed by atoms with van der Waals surface area (Å²) in [6.45, 7) is 4.01. The van der Waals surface area contributed by atoms with Gasteiger partial charge in [-0.3, -0.25) is 9.69 Å². The number of carbonyl (C=O) groups excluding carboxylic acids is 2. The van der Waals surface area contributed by atoms with Crippen molar-refractivity contribution in [2.24, 2.45) is 5.92 Å². The van der Waals surface area contributed by atoms with Gasteiger partial charge in [0.1, 0.15) is 11.9 Å². The second kappa shape index (κ2) is 11.4. The van der Waals surface area contributed by atoms with Crippen molar-refractivity contribution in [3.8, 4) is 23.0 Å². The van der Waals surface area contributed by atoms with Crippen LogP contribution in [0.3, 0.4) is 0 Å². The lowest BCUT2D eigenvalue weighted by Gasteiger charge is -2.39. The number of nitrogens with zero attached hydrogens (tertiary/aromatic N) is 2. The van der Waals surface area contributed by atoms with Gasteiger partial charge in [0.05, 0.1) is 33.6 Å². The molecule has 1 N–H and O–H groups in total. The number of nitrogens with one attached hydrogen (secondary N) is 1. The highest BCUT2D eigenvalue weighted by Crippen LogP contribution is 2.38. The third-order valence-corrected chi connectivity index (χ3v) is 6.85. The summed E-state index contributed by atoms with van der Waals surface area (Å²) in [7, 11) is 4.68. The van der Waals surface area contributed by atoms with Crippen LogP contribution in [0.2, 0.25) is 0 Å². The molecule has 1 fully saturated rings. The van der Waals surface area contributed by atoms with E-state index in [0.717, 1.165) is 23.4 Å². The van der Waals surface area contributed by atoms with Gasteiger partial charge in [-0.1, -0.05) is 19.1 Å². The van der Waals surface area contributed by atoms with Crippen molar-refractivity contribution >= 4 is 17.6 Å². The molecule has 0 radical (unpaired) electrons. The fraction of sp³-hybridized carbons (Fsp3) is 0.481. The molecule has 0 bridgehead atoms. The predicted molar refractivity (Wildman–Crippen MR) is 136 cm³/mol. The van der Waals surface area contributed by atoms with E-state index in [1.807, 2.05) is 46.2 Å². The van der Waals surface area contributed by atoms with Crippen molar-refractivity contribution in [2.45, 2.75) is 38.8 Å². The summed E-state index contributed by atoms with van der Waals surface area (Å²) in [5, 5.41) is 3.02. The summed E-state index contributed by atoms with van der Waals surface area (Å²) in [6.07, 6.45) is 2.04. The van der Waals surface area contributed by atoms with Gasteiger partial charge < -0.3 is 29.2 Å². The molecule has 0 unspecified atom stereocenters. The lowest BCUT2D eigenvalue weighted by molar-refractivity contribution is -0.126. The van der Waals surface area contributed by atoms with Gasteiger partial charge in [0.25, 0.3) is 0 Å². The van der Waals surface area contributed by atoms with Crippen LogP contribution in [-0.2, 0) is 11.3 Å². The van der Waals surface area contributed by atoms with Gasteiger partial charge in [-0.05, 0) is 49.1 Å². The Morgan fingerprint density at radius 1 is 1.03 bits per heavy atom. The van der Waals surface area contributed by atoms with E-state index < -0.39 is 0 Å². The second-order valence-corrected chi connectivity index (χ2v) is 9.02. The van der Waals surface area contributed by atoms with Gasteiger partial charge in [0, 0.05) is 25.6 Å². The molecule has 0 aliphatic carbocycles. The number of anilines is 1. The third kappa shape index (κ3) is 5.29. The first kappa shape index (κ1) is 25.5. The lowest BCUT2D eigenvalue weighted by Crippen LogP contribution is -2.52. The SMILES string of the molecule is CC[C@H]1CN(C(=O)N2CCC(C(=O)NCc3cc(OC)c(OC)c(OC)c3)CC2)c2ccccc2O1. The van der Waals surface area contributed by atoms with Crippen LogP contribution in [0.1, 0.15) is 31.7 Å². The second-order valence-electron chi connectivity index (χ2n) is 9.02. The molecular formula is C27H35N3O6. The molecule has 1 saturated heterocycles. The fourth-order valence-corrected chi connectivity index (χ4v) is 4.77. The molecule has 0 spiro atoms. The van der Waals surface area contributed by atoms with Crippen molar-refractivity contribution < 1.29 is 28.5 Å². The van der Waals surface area contributed by atoms with Crippen LogP contribution in [0.4, 0.5) is 10.5 Å². The molecule has 9 nitrogen and oxygen atoms in total. The van der Waals surface area contributed by atoms with Crippen LogP contribution in [0.15, 0.2) is 36.4 Å². The first-order valence-corrected chi connectivity index (χ1v) is 12.4. The Kier molecular flexibility index (Phi) is 8.07. The van der Waals surface area contributed by atoms with E-state index in [9.17, 15) is 9.59 Å². The Hall–Kier alpha value is -3.62. The highest BCUT2D eigenvalue weighted by Gasteiger charge is 2.34. The summed E-state index contributed by atoms with van der Waals surface area (Å²) >= 11 is 0. The number of hydrogen-bond acceptors (Lipinski definition) is 6. The van der Waals surface area contributed by atoms with Crippen LogP contribution >= 0.6 is 0 Å². The summed E-state index contributed by atoms with van der Waals surface area (Å²) in [5.74, 6) is 2.19. The van der Waals surface area contributed by atoms with Crippen molar-refractivity contribution in [1.29, 1.82) is 0 Å². The first-order chi connectivity index (χ1) is 17.5. The molecule has 194 valence electrons. The first-order valence-electron chi connectivity index (χ1n) is 12.4. The topological polar surface area (TPSA) is 89.6 Å². The quantitative estimate of drug-likeness (QED) is 0.625. The summed E-state index contributed by atoms with van der Waals surface area (Å²) in [6, 6.07) is 11.3. The van der Waals surface area contributed by atoms with E-state index in [1.54, 1.807) is 21.3 Å². The van der Waals surface area contributed by atoms with E-state index >= 15 is 0 Å². The maximum Gasteiger partial charge on any atom is 0.324 e. The van der Waals surface area contributed by atoms with E-state index in [4.69, 9.17) is 18.9 Å². The third-order valence-electron chi connectivity index (χ3n) is 6.85. The van der Waals surface area contributed by atoms with E-state index in [2.05, 4.69) is 12.2 Å². The minimum atomic E-state index is -0.142. The van der Waals surface area contributed by atoms with Crippen molar-refractivity contribution in [1.82, 2.24) is 10.2 Å². The van der Waals surface area contributed by atoms with E-state index in [0.29, 0.717) is 56.3 Å². The minimum Gasteiger partial charge on any atom is -0.493 e. The van der Waals surface area contributed by atoms with Crippen LogP contribution < -0.4 is 29.2 Å². The number of likely N-dealkylation sites (tertiary alicyclic amines) is 1. The van der Waals surface area contributed by atoms with Gasteiger partial charge in [0.15, 0.2) is 11.5 Å². The predicted octanol–water partition coefficient (Wildman–Crippen LogP) is 3.84. The van der Waals surface area contributed by atoms with Gasteiger partial charge in [-0.25, -0.2) is 4.79 Å². The molecule has 2 aliphatic rings. The fourth-order valence-electron chi connectivity index (χ4n) is 4.77. The normalized spacial score (nSPS) is 17.6. The number of para-hydroxylation sites is 2. The Morgan fingerprint density at radius 2 is 1.69 bits per heavy atom. The van der Waals surface area contributed by atoms with Crippen LogP contribution in [0.25, 0.3) is 0 Å². The monoisotopic (exact) mass is 497 g/mol. The summed E-state index contributed by atoms with van der Waals surface area (Å²) in [5.41, 5.74) is 1.65. The zero-order chi connectivity index (χ0) is 25.7. The Bertz CT molecular complexity index is 1060. The van der Waals surface area contributed by atoms with E-state index in [1.165, 1.54) is 0 Å². The summed E-state index contributed by atoms with van der Waals surface area (Å²) < 4.78 is 22.2. The van der Waals surface area contributed by atoms with Gasteiger partial charge in [0.2, 0.25) is 11.7 Å². The van der Waals surface area contributed by atoms with Gasteiger partial charge in [-0.2, -0.15) is 0 Å². The molecule has 1 atom stereocenters. The highest BCUT2D eigenvalue weighted by atomic mass is 16.5. The van der Waals surface area contributed by atoms with E-state index in [-0.39, 0.29) is 24.0 Å². The molecule has 9 heteroatoms.